The van der Waals surface area contributed by atoms with E-state index in [1.165, 1.54) is 17.6 Å². The molecule has 0 radical (unpaired) electrons. The van der Waals surface area contributed by atoms with Gasteiger partial charge < -0.3 is 0 Å². The highest BCUT2D eigenvalue weighted by atomic mass is 31.0. The van der Waals surface area contributed by atoms with Crippen LogP contribution in [0.3, 0.4) is 0 Å². The lowest BCUT2D eigenvalue weighted by atomic mass is 9.90. The van der Waals surface area contributed by atoms with E-state index in [1.54, 1.807) is 11.1 Å². The summed E-state index contributed by atoms with van der Waals surface area (Å²) in [6, 6.07) is 0. The van der Waals surface area contributed by atoms with Crippen molar-refractivity contribution in [2.45, 2.75) is 53.1 Å². The fourth-order valence-corrected chi connectivity index (χ4v) is 2.44. The fourth-order valence-electron chi connectivity index (χ4n) is 2.22. The Hall–Kier alpha value is -0.0900. The van der Waals surface area contributed by atoms with Crippen LogP contribution in [0.25, 0.3) is 0 Å². The van der Waals surface area contributed by atoms with Crippen LogP contribution in [0.1, 0.15) is 48.0 Å². The molecular weight excluding hydrogens is 187 g/mol. The normalized spacial score (nSPS) is 23.8. The maximum atomic E-state index is 2.95. The molecule has 0 bridgehead atoms. The van der Waals surface area contributed by atoms with E-state index >= 15 is 0 Å². The largest absolute Gasteiger partial charge is 0.131 e. The van der Waals surface area contributed by atoms with E-state index in [4.69, 9.17) is 0 Å². The topological polar surface area (TPSA) is 0 Å². The van der Waals surface area contributed by atoms with Crippen molar-refractivity contribution in [2.24, 2.45) is 5.92 Å². The van der Waals surface area contributed by atoms with Gasteiger partial charge in [-0.25, -0.2) is 0 Å². The number of allylic oxidation sites excluding steroid dienone is 4. The van der Waals surface area contributed by atoms with E-state index in [0.29, 0.717) is 11.1 Å². The smallest absolute Gasteiger partial charge is 0.00122 e. The standard InChI is InChI=1S/C13H23P/c1-8-9(2)11(4)12(10(8)3)7-13(5,6)14/h10H,7,14H2,1-6H3. The molecule has 1 rings (SSSR count). The average molecular weight is 210 g/mol. The van der Waals surface area contributed by atoms with Crippen LogP contribution in [-0.2, 0) is 0 Å². The second-order valence-electron chi connectivity index (χ2n) is 5.35. The third kappa shape index (κ3) is 2.28. The van der Waals surface area contributed by atoms with Crippen LogP contribution in [0.5, 0.6) is 0 Å². The molecule has 0 saturated carbocycles. The summed E-state index contributed by atoms with van der Waals surface area (Å²) in [5.41, 5.74) is 6.25. The Morgan fingerprint density at radius 2 is 1.64 bits per heavy atom. The van der Waals surface area contributed by atoms with Crippen molar-refractivity contribution in [1.29, 1.82) is 0 Å². The average Bonchev–Trinajstić information content (AvgIpc) is 2.20. The SMILES string of the molecule is CC1=C(C)C(C)C(CC(C)(C)P)=C1C. The molecule has 0 saturated heterocycles. The molecule has 0 fully saturated rings. The summed E-state index contributed by atoms with van der Waals surface area (Å²) < 4.78 is 0. The second-order valence-corrected chi connectivity index (χ2v) is 6.91. The first-order chi connectivity index (χ1) is 6.24. The Balaban J connectivity index is 2.94. The van der Waals surface area contributed by atoms with Crippen molar-refractivity contribution in [2.75, 3.05) is 0 Å². The summed E-state index contributed by atoms with van der Waals surface area (Å²) >= 11 is 0. The van der Waals surface area contributed by atoms with E-state index < -0.39 is 0 Å². The molecule has 1 heteroatoms. The fraction of sp³-hybridized carbons (Fsp3) is 0.692. The molecule has 0 spiro atoms. The first-order valence-electron chi connectivity index (χ1n) is 5.40. The minimum absolute atomic E-state index is 0.329. The van der Waals surface area contributed by atoms with Gasteiger partial charge in [0.1, 0.15) is 0 Å². The summed E-state index contributed by atoms with van der Waals surface area (Å²) in [6.07, 6.45) is 1.19. The zero-order valence-electron chi connectivity index (χ0n) is 10.4. The van der Waals surface area contributed by atoms with Gasteiger partial charge in [-0.3, -0.25) is 0 Å². The first-order valence-corrected chi connectivity index (χ1v) is 5.98. The molecule has 14 heavy (non-hydrogen) atoms. The van der Waals surface area contributed by atoms with Gasteiger partial charge in [0.05, 0.1) is 0 Å². The monoisotopic (exact) mass is 210 g/mol. The molecule has 2 unspecified atom stereocenters. The van der Waals surface area contributed by atoms with Gasteiger partial charge >= 0.3 is 0 Å². The molecule has 0 nitrogen and oxygen atoms in total. The molecule has 2 atom stereocenters. The van der Waals surface area contributed by atoms with E-state index in [1.807, 2.05) is 0 Å². The molecule has 1 aliphatic rings. The van der Waals surface area contributed by atoms with E-state index in [9.17, 15) is 0 Å². The maximum absolute atomic E-state index is 2.95. The van der Waals surface area contributed by atoms with Crippen molar-refractivity contribution in [3.63, 3.8) is 0 Å². The Morgan fingerprint density at radius 3 is 1.93 bits per heavy atom. The third-order valence-corrected chi connectivity index (χ3v) is 3.66. The quantitative estimate of drug-likeness (QED) is 0.595. The molecule has 0 amide bonds. The Morgan fingerprint density at radius 1 is 1.14 bits per heavy atom. The summed E-state index contributed by atoms with van der Waals surface area (Å²) in [6.45, 7) is 13.7. The van der Waals surface area contributed by atoms with Crippen LogP contribution in [0.15, 0.2) is 22.3 Å². The predicted molar refractivity (Wildman–Crippen MR) is 68.6 cm³/mol. The number of hydrogen-bond donors (Lipinski definition) is 0. The summed E-state index contributed by atoms with van der Waals surface area (Å²) in [5.74, 6) is 0.662. The molecule has 0 aromatic rings. The Kier molecular flexibility index (Phi) is 3.26. The molecule has 0 heterocycles. The Labute approximate surface area is 91.1 Å². The molecule has 1 aliphatic carbocycles. The van der Waals surface area contributed by atoms with Crippen LogP contribution < -0.4 is 0 Å². The van der Waals surface area contributed by atoms with E-state index in [-0.39, 0.29) is 0 Å². The lowest BCUT2D eigenvalue weighted by Crippen LogP contribution is -2.13. The van der Waals surface area contributed by atoms with Crippen LogP contribution in [0.2, 0.25) is 0 Å². The molecule has 0 aromatic carbocycles. The molecule has 0 aliphatic heterocycles. The highest BCUT2D eigenvalue weighted by Crippen LogP contribution is 2.41. The highest BCUT2D eigenvalue weighted by molar-refractivity contribution is 7.18. The minimum atomic E-state index is 0.329. The van der Waals surface area contributed by atoms with Gasteiger partial charge in [0, 0.05) is 0 Å². The van der Waals surface area contributed by atoms with Gasteiger partial charge in [-0.15, -0.1) is 9.24 Å². The first kappa shape index (κ1) is 12.0. The highest BCUT2D eigenvalue weighted by Gasteiger charge is 2.26. The van der Waals surface area contributed by atoms with Gasteiger partial charge in [0.2, 0.25) is 0 Å². The molecule has 80 valence electrons. The summed E-state index contributed by atoms with van der Waals surface area (Å²) in [4.78, 5) is 0. The minimum Gasteiger partial charge on any atom is -0.131 e. The second kappa shape index (κ2) is 3.81. The lowest BCUT2D eigenvalue weighted by molar-refractivity contribution is 0.643. The van der Waals surface area contributed by atoms with Gasteiger partial charge in [-0.1, -0.05) is 31.9 Å². The van der Waals surface area contributed by atoms with E-state index in [0.717, 1.165) is 0 Å². The van der Waals surface area contributed by atoms with E-state index in [2.05, 4.69) is 50.8 Å². The lowest BCUT2D eigenvalue weighted by Gasteiger charge is -2.23. The van der Waals surface area contributed by atoms with Crippen LogP contribution >= 0.6 is 9.24 Å². The molecule has 0 N–H and O–H groups in total. The van der Waals surface area contributed by atoms with Gasteiger partial charge in [0.15, 0.2) is 0 Å². The molecular formula is C13H23P. The number of hydrogen-bond acceptors (Lipinski definition) is 0. The summed E-state index contributed by atoms with van der Waals surface area (Å²) in [5, 5.41) is 0.329. The molecule has 0 aromatic heterocycles. The Bertz CT molecular complexity index is 300. The van der Waals surface area contributed by atoms with Crippen molar-refractivity contribution in [1.82, 2.24) is 0 Å². The van der Waals surface area contributed by atoms with Crippen molar-refractivity contribution < 1.29 is 0 Å². The zero-order chi connectivity index (χ0) is 11.1. The van der Waals surface area contributed by atoms with Crippen molar-refractivity contribution in [3.8, 4) is 0 Å². The maximum Gasteiger partial charge on any atom is -0.00122 e. The predicted octanol–water partition coefficient (Wildman–Crippen LogP) is 4.33. The number of rotatable bonds is 2. The van der Waals surface area contributed by atoms with Crippen LogP contribution in [0.4, 0.5) is 0 Å². The van der Waals surface area contributed by atoms with Gasteiger partial charge in [-0.05, 0) is 49.4 Å². The third-order valence-electron chi connectivity index (χ3n) is 3.45. The van der Waals surface area contributed by atoms with Crippen molar-refractivity contribution in [3.05, 3.63) is 22.3 Å². The van der Waals surface area contributed by atoms with Crippen LogP contribution in [0, 0.1) is 5.92 Å². The van der Waals surface area contributed by atoms with Crippen molar-refractivity contribution >= 4 is 9.24 Å². The van der Waals surface area contributed by atoms with Gasteiger partial charge in [0.25, 0.3) is 0 Å². The summed E-state index contributed by atoms with van der Waals surface area (Å²) in [7, 11) is 2.95. The van der Waals surface area contributed by atoms with Crippen LogP contribution in [-0.4, -0.2) is 5.16 Å². The van der Waals surface area contributed by atoms with Gasteiger partial charge in [-0.2, -0.15) is 0 Å². The zero-order valence-corrected chi connectivity index (χ0v) is 11.5.